The van der Waals surface area contributed by atoms with Crippen molar-refractivity contribution in [2.24, 2.45) is 5.92 Å². The molecule has 0 aliphatic rings. The Morgan fingerprint density at radius 1 is 0.826 bits per heavy atom. The molecule has 2 atom stereocenters. The van der Waals surface area contributed by atoms with Gasteiger partial charge < -0.3 is 14.6 Å². The molecule has 0 aromatic heterocycles. The fraction of sp³-hybridized carbons (Fsp3) is 0.300. The average Bonchev–Trinajstić information content (AvgIpc) is 2.60. The van der Waals surface area contributed by atoms with Crippen LogP contribution in [-0.2, 0) is 22.7 Å². The van der Waals surface area contributed by atoms with Gasteiger partial charge in [-0.3, -0.25) is 0 Å². The van der Waals surface area contributed by atoms with Gasteiger partial charge in [-0.1, -0.05) is 66.7 Å². The monoisotopic (exact) mass is 312 g/mol. The molecule has 0 aliphatic heterocycles. The van der Waals surface area contributed by atoms with Crippen LogP contribution in [0.5, 0.6) is 0 Å². The summed E-state index contributed by atoms with van der Waals surface area (Å²) in [7, 11) is 0. The highest BCUT2D eigenvalue weighted by atomic mass is 16.5. The summed E-state index contributed by atoms with van der Waals surface area (Å²) in [6.07, 6.45) is 1.11. The molecule has 2 aromatic carbocycles. The quantitative estimate of drug-likeness (QED) is 0.682. The molecular formula is C20H24O3. The highest BCUT2D eigenvalue weighted by molar-refractivity contribution is 5.14. The summed E-state index contributed by atoms with van der Waals surface area (Å²) < 4.78 is 11.2. The third-order valence-corrected chi connectivity index (χ3v) is 3.62. The second kappa shape index (κ2) is 9.95. The van der Waals surface area contributed by atoms with Crippen molar-refractivity contribution in [1.29, 1.82) is 0 Å². The van der Waals surface area contributed by atoms with Crippen molar-refractivity contribution in [3.05, 3.63) is 84.4 Å². The lowest BCUT2D eigenvalue weighted by molar-refractivity contribution is -0.0180. The molecule has 0 unspecified atom stereocenters. The second-order valence-electron chi connectivity index (χ2n) is 5.47. The Morgan fingerprint density at radius 3 is 1.78 bits per heavy atom. The van der Waals surface area contributed by atoms with E-state index in [0.717, 1.165) is 11.1 Å². The molecule has 2 aromatic rings. The number of aliphatic hydroxyl groups excluding tert-OH is 1. The van der Waals surface area contributed by atoms with E-state index in [1.54, 1.807) is 6.08 Å². The van der Waals surface area contributed by atoms with Gasteiger partial charge in [-0.2, -0.15) is 0 Å². The Labute approximate surface area is 138 Å². The van der Waals surface area contributed by atoms with E-state index in [2.05, 4.69) is 6.58 Å². The Hall–Kier alpha value is -1.94. The van der Waals surface area contributed by atoms with E-state index in [-0.39, 0.29) is 12.5 Å². The van der Waals surface area contributed by atoms with Crippen LogP contribution < -0.4 is 0 Å². The molecule has 1 N–H and O–H groups in total. The van der Waals surface area contributed by atoms with Crippen molar-refractivity contribution >= 4 is 0 Å². The van der Waals surface area contributed by atoms with Crippen molar-refractivity contribution in [2.75, 3.05) is 13.2 Å². The minimum Gasteiger partial charge on any atom is -0.390 e. The average molecular weight is 312 g/mol. The number of hydrogen-bond acceptors (Lipinski definition) is 3. The zero-order chi connectivity index (χ0) is 16.3. The largest absolute Gasteiger partial charge is 0.390 e. The van der Waals surface area contributed by atoms with Crippen LogP contribution in [0.25, 0.3) is 0 Å². The van der Waals surface area contributed by atoms with Crippen LogP contribution in [0.4, 0.5) is 0 Å². The van der Waals surface area contributed by atoms with Gasteiger partial charge in [0.15, 0.2) is 0 Å². The molecule has 0 saturated carbocycles. The minimum absolute atomic E-state index is 0.144. The van der Waals surface area contributed by atoms with E-state index in [0.29, 0.717) is 19.8 Å². The predicted octanol–water partition coefficient (Wildman–Crippen LogP) is 3.58. The van der Waals surface area contributed by atoms with Crippen LogP contribution in [0.1, 0.15) is 11.1 Å². The number of benzene rings is 2. The number of rotatable bonds is 10. The lowest BCUT2D eigenvalue weighted by atomic mass is 10.0. The first kappa shape index (κ1) is 17.4. The maximum Gasteiger partial charge on any atom is 0.0858 e. The van der Waals surface area contributed by atoms with Gasteiger partial charge in [0.05, 0.1) is 32.5 Å². The van der Waals surface area contributed by atoms with Gasteiger partial charge in [0.1, 0.15) is 0 Å². The fourth-order valence-corrected chi connectivity index (χ4v) is 2.22. The summed E-state index contributed by atoms with van der Waals surface area (Å²) in [5, 5.41) is 10.2. The van der Waals surface area contributed by atoms with Crippen LogP contribution in [-0.4, -0.2) is 24.4 Å². The molecule has 0 spiro atoms. The maximum atomic E-state index is 10.2. The number of aliphatic hydroxyl groups is 1. The molecule has 0 saturated heterocycles. The van der Waals surface area contributed by atoms with E-state index < -0.39 is 6.10 Å². The van der Waals surface area contributed by atoms with Crippen LogP contribution in [0.2, 0.25) is 0 Å². The van der Waals surface area contributed by atoms with Crippen molar-refractivity contribution in [3.63, 3.8) is 0 Å². The van der Waals surface area contributed by atoms with Gasteiger partial charge in [-0.25, -0.2) is 0 Å². The number of hydrogen-bond donors (Lipinski definition) is 1. The smallest absolute Gasteiger partial charge is 0.0858 e. The van der Waals surface area contributed by atoms with E-state index in [9.17, 15) is 5.11 Å². The summed E-state index contributed by atoms with van der Waals surface area (Å²) >= 11 is 0. The maximum absolute atomic E-state index is 10.2. The first-order valence-corrected chi connectivity index (χ1v) is 7.83. The highest BCUT2D eigenvalue weighted by Crippen LogP contribution is 2.10. The standard InChI is InChI=1S/C20H24O3/c1-2-19(15-22-13-17-9-5-3-6-10-17)20(21)16-23-14-18-11-7-4-8-12-18/h2-12,19-21H,1,13-16H2/t19-,20+/m0/s1. The topological polar surface area (TPSA) is 38.7 Å². The van der Waals surface area contributed by atoms with Gasteiger partial charge in [-0.05, 0) is 11.1 Å². The normalized spacial score (nSPS) is 13.4. The second-order valence-corrected chi connectivity index (χ2v) is 5.47. The van der Waals surface area contributed by atoms with E-state index in [1.807, 2.05) is 60.7 Å². The van der Waals surface area contributed by atoms with Crippen LogP contribution in [0, 0.1) is 5.92 Å². The Morgan fingerprint density at radius 2 is 1.30 bits per heavy atom. The van der Waals surface area contributed by atoms with Crippen molar-refractivity contribution in [3.8, 4) is 0 Å². The van der Waals surface area contributed by atoms with Gasteiger partial charge in [-0.15, -0.1) is 6.58 Å². The van der Waals surface area contributed by atoms with Crippen molar-refractivity contribution < 1.29 is 14.6 Å². The van der Waals surface area contributed by atoms with E-state index >= 15 is 0 Å². The Balaban J connectivity index is 1.68. The van der Waals surface area contributed by atoms with Gasteiger partial charge in [0, 0.05) is 5.92 Å². The molecule has 3 heteroatoms. The summed E-state index contributed by atoms with van der Waals surface area (Å²) in [5.41, 5.74) is 2.21. The summed E-state index contributed by atoms with van der Waals surface area (Å²) in [4.78, 5) is 0. The minimum atomic E-state index is -0.619. The first-order valence-electron chi connectivity index (χ1n) is 7.83. The molecule has 122 valence electrons. The van der Waals surface area contributed by atoms with E-state index in [4.69, 9.17) is 9.47 Å². The lowest BCUT2D eigenvalue weighted by Gasteiger charge is -2.20. The zero-order valence-corrected chi connectivity index (χ0v) is 13.3. The van der Waals surface area contributed by atoms with Crippen molar-refractivity contribution in [1.82, 2.24) is 0 Å². The molecule has 23 heavy (non-hydrogen) atoms. The highest BCUT2D eigenvalue weighted by Gasteiger charge is 2.16. The number of ether oxygens (including phenoxy) is 2. The Kier molecular flexibility index (Phi) is 7.54. The van der Waals surface area contributed by atoms with Gasteiger partial charge >= 0.3 is 0 Å². The summed E-state index contributed by atoms with van der Waals surface area (Å²) in [6, 6.07) is 19.9. The Bertz CT molecular complexity index is 554. The molecule has 3 nitrogen and oxygen atoms in total. The molecule has 0 heterocycles. The molecule has 2 rings (SSSR count). The van der Waals surface area contributed by atoms with Gasteiger partial charge in [0.25, 0.3) is 0 Å². The van der Waals surface area contributed by atoms with Gasteiger partial charge in [0.2, 0.25) is 0 Å². The fourth-order valence-electron chi connectivity index (χ4n) is 2.22. The lowest BCUT2D eigenvalue weighted by Crippen LogP contribution is -2.28. The van der Waals surface area contributed by atoms with E-state index in [1.165, 1.54) is 0 Å². The third kappa shape index (κ3) is 6.37. The summed E-state index contributed by atoms with van der Waals surface area (Å²) in [6.45, 7) is 5.49. The summed E-state index contributed by atoms with van der Waals surface area (Å²) in [5.74, 6) is -0.144. The molecule has 0 amide bonds. The first-order chi connectivity index (χ1) is 11.3. The molecular weight excluding hydrogens is 288 g/mol. The molecule has 0 radical (unpaired) electrons. The zero-order valence-electron chi connectivity index (χ0n) is 13.3. The SMILES string of the molecule is C=C[C@@H](COCc1ccccc1)[C@H](O)COCc1ccccc1. The predicted molar refractivity (Wildman–Crippen MR) is 91.9 cm³/mol. The van der Waals surface area contributed by atoms with Crippen molar-refractivity contribution in [2.45, 2.75) is 19.3 Å². The van der Waals surface area contributed by atoms with Crippen LogP contribution >= 0.6 is 0 Å². The molecule has 0 fully saturated rings. The molecule has 0 aliphatic carbocycles. The molecule has 0 bridgehead atoms. The van der Waals surface area contributed by atoms with Crippen LogP contribution in [0.15, 0.2) is 73.3 Å². The van der Waals surface area contributed by atoms with Crippen LogP contribution in [0.3, 0.4) is 0 Å². The third-order valence-electron chi connectivity index (χ3n) is 3.62.